The molecule has 106 valence electrons. The largest absolute Gasteiger partial charge is 0.507 e. The molecule has 0 bridgehead atoms. The lowest BCUT2D eigenvalue weighted by Gasteiger charge is -2.27. The van der Waals surface area contributed by atoms with Crippen LogP contribution in [0.3, 0.4) is 0 Å². The fourth-order valence-corrected chi connectivity index (χ4v) is 3.27. The third-order valence-corrected chi connectivity index (χ3v) is 4.15. The number of phenols is 1. The molecule has 19 heavy (non-hydrogen) atoms. The van der Waals surface area contributed by atoms with Gasteiger partial charge in [-0.25, -0.2) is 0 Å². The normalized spacial score (nSPS) is 17.1. The predicted molar refractivity (Wildman–Crippen MR) is 80.4 cm³/mol. The van der Waals surface area contributed by atoms with Crippen molar-refractivity contribution in [2.45, 2.75) is 26.3 Å². The van der Waals surface area contributed by atoms with E-state index in [2.05, 4.69) is 27.9 Å². The number of nitrogens with zero attached hydrogens (tertiary/aromatic N) is 1. The summed E-state index contributed by atoms with van der Waals surface area (Å²) >= 11 is 3.49. The average molecular weight is 328 g/mol. The number of benzene rings is 1. The summed E-state index contributed by atoms with van der Waals surface area (Å²) in [5.41, 5.74) is 1.91. The summed E-state index contributed by atoms with van der Waals surface area (Å²) in [5, 5.41) is 10.1. The smallest absolute Gasteiger partial charge is 0.123 e. The molecule has 1 aliphatic heterocycles. The third kappa shape index (κ3) is 4.20. The predicted octanol–water partition coefficient (Wildman–Crippen LogP) is 3.32. The first-order valence-corrected chi connectivity index (χ1v) is 7.60. The minimum Gasteiger partial charge on any atom is -0.507 e. The molecule has 1 fully saturated rings. The average Bonchev–Trinajstić information content (AvgIpc) is 2.36. The van der Waals surface area contributed by atoms with E-state index in [9.17, 15) is 5.11 Å². The van der Waals surface area contributed by atoms with Gasteiger partial charge in [-0.05, 0) is 50.4 Å². The maximum atomic E-state index is 10.1. The van der Waals surface area contributed by atoms with Crippen molar-refractivity contribution < 1.29 is 9.84 Å². The molecule has 1 saturated heterocycles. The molecule has 1 aromatic rings. The Hall–Kier alpha value is -0.580. The van der Waals surface area contributed by atoms with Gasteiger partial charge in [-0.15, -0.1) is 0 Å². The molecule has 4 heteroatoms. The molecule has 1 N–H and O–H groups in total. The van der Waals surface area contributed by atoms with Gasteiger partial charge < -0.3 is 14.7 Å². The van der Waals surface area contributed by atoms with Gasteiger partial charge in [-0.1, -0.05) is 15.9 Å². The molecular weight excluding hydrogens is 306 g/mol. The lowest BCUT2D eigenvalue weighted by Crippen LogP contribution is -2.29. The highest BCUT2D eigenvalue weighted by Gasteiger charge is 2.17. The highest BCUT2D eigenvalue weighted by molar-refractivity contribution is 9.10. The highest BCUT2D eigenvalue weighted by Crippen LogP contribution is 2.28. The third-order valence-electron chi connectivity index (χ3n) is 3.70. The Bertz CT molecular complexity index is 430. The zero-order valence-electron chi connectivity index (χ0n) is 11.7. The molecule has 1 heterocycles. The van der Waals surface area contributed by atoms with E-state index in [1.165, 1.54) is 0 Å². The summed E-state index contributed by atoms with van der Waals surface area (Å²) in [6.45, 7) is 5.55. The molecule has 1 aliphatic rings. The van der Waals surface area contributed by atoms with Gasteiger partial charge in [-0.2, -0.15) is 0 Å². The molecule has 0 atom stereocenters. The molecule has 3 nitrogen and oxygen atoms in total. The maximum Gasteiger partial charge on any atom is 0.123 e. The Morgan fingerprint density at radius 2 is 2.05 bits per heavy atom. The van der Waals surface area contributed by atoms with Crippen molar-refractivity contribution in [3.8, 4) is 5.75 Å². The Labute approximate surface area is 123 Å². The van der Waals surface area contributed by atoms with Crippen molar-refractivity contribution >= 4 is 15.9 Å². The van der Waals surface area contributed by atoms with E-state index >= 15 is 0 Å². The molecule has 0 spiro atoms. The molecular formula is C15H22BrNO2. The fraction of sp³-hybridized carbons (Fsp3) is 0.600. The van der Waals surface area contributed by atoms with Gasteiger partial charge in [0.25, 0.3) is 0 Å². The van der Waals surface area contributed by atoms with E-state index in [1.807, 2.05) is 19.1 Å². The quantitative estimate of drug-likeness (QED) is 0.920. The van der Waals surface area contributed by atoms with Crippen molar-refractivity contribution in [3.63, 3.8) is 0 Å². The molecule has 0 aromatic heterocycles. The van der Waals surface area contributed by atoms with Crippen molar-refractivity contribution in [2.24, 2.45) is 5.92 Å². The molecule has 0 saturated carbocycles. The van der Waals surface area contributed by atoms with Gasteiger partial charge in [0.1, 0.15) is 5.75 Å². The minimum absolute atomic E-state index is 0.419. The molecule has 2 rings (SSSR count). The second-order valence-electron chi connectivity index (χ2n) is 5.48. The Morgan fingerprint density at radius 3 is 2.74 bits per heavy atom. The number of aromatic hydroxyl groups is 1. The zero-order valence-corrected chi connectivity index (χ0v) is 13.2. The number of aryl methyl sites for hydroxylation is 1. The van der Waals surface area contributed by atoms with Gasteiger partial charge in [0.15, 0.2) is 0 Å². The topological polar surface area (TPSA) is 32.7 Å². The van der Waals surface area contributed by atoms with Gasteiger partial charge >= 0.3 is 0 Å². The summed E-state index contributed by atoms with van der Waals surface area (Å²) in [4.78, 5) is 2.29. The second-order valence-corrected chi connectivity index (χ2v) is 6.40. The van der Waals surface area contributed by atoms with Crippen molar-refractivity contribution in [1.29, 1.82) is 0 Å². The number of ether oxygens (including phenoxy) is 1. The summed E-state index contributed by atoms with van der Waals surface area (Å²) in [6, 6.07) is 3.94. The molecule has 0 amide bonds. The van der Waals surface area contributed by atoms with Gasteiger partial charge in [0.05, 0.1) is 0 Å². The van der Waals surface area contributed by atoms with Crippen molar-refractivity contribution in [3.05, 3.63) is 27.7 Å². The van der Waals surface area contributed by atoms with Crippen LogP contribution in [-0.4, -0.2) is 36.8 Å². The van der Waals surface area contributed by atoms with Crippen LogP contribution in [0.5, 0.6) is 5.75 Å². The molecule has 0 radical (unpaired) electrons. The lowest BCUT2D eigenvalue weighted by atomic mass is 9.99. The Morgan fingerprint density at radius 1 is 1.37 bits per heavy atom. The van der Waals surface area contributed by atoms with E-state index in [1.54, 1.807) is 0 Å². The number of rotatable bonds is 4. The van der Waals surface area contributed by atoms with E-state index in [0.29, 0.717) is 11.7 Å². The van der Waals surface area contributed by atoms with E-state index < -0.39 is 0 Å². The second kappa shape index (κ2) is 6.73. The van der Waals surface area contributed by atoms with Crippen LogP contribution in [0.4, 0.5) is 0 Å². The van der Waals surface area contributed by atoms with E-state index in [4.69, 9.17) is 4.74 Å². The van der Waals surface area contributed by atoms with Crippen LogP contribution in [0.25, 0.3) is 0 Å². The van der Waals surface area contributed by atoms with Crippen LogP contribution in [-0.2, 0) is 11.3 Å². The maximum absolute atomic E-state index is 10.1. The first-order valence-electron chi connectivity index (χ1n) is 6.80. The summed E-state index contributed by atoms with van der Waals surface area (Å²) < 4.78 is 6.41. The van der Waals surface area contributed by atoms with Crippen LogP contribution in [0.2, 0.25) is 0 Å². The zero-order chi connectivity index (χ0) is 13.8. The van der Waals surface area contributed by atoms with Gasteiger partial charge in [0, 0.05) is 36.3 Å². The van der Waals surface area contributed by atoms with Crippen LogP contribution in [0.15, 0.2) is 16.6 Å². The van der Waals surface area contributed by atoms with E-state index in [-0.39, 0.29) is 0 Å². The van der Waals surface area contributed by atoms with Crippen LogP contribution < -0.4 is 0 Å². The molecule has 0 unspecified atom stereocenters. The van der Waals surface area contributed by atoms with Crippen molar-refractivity contribution in [1.82, 2.24) is 4.90 Å². The van der Waals surface area contributed by atoms with Crippen molar-refractivity contribution in [2.75, 3.05) is 26.8 Å². The minimum atomic E-state index is 0.419. The van der Waals surface area contributed by atoms with Crippen LogP contribution in [0.1, 0.15) is 24.0 Å². The van der Waals surface area contributed by atoms with E-state index in [0.717, 1.165) is 54.7 Å². The number of halogens is 1. The molecule has 1 aromatic carbocycles. The number of phenolic OH excluding ortho intramolecular Hbond substituents is 1. The molecule has 0 aliphatic carbocycles. The standard InChI is InChI=1S/C15H22BrNO2/c1-11-7-14(16)8-13(15(11)18)10-17(2)9-12-3-5-19-6-4-12/h7-8,12,18H,3-6,9-10H2,1-2H3. The Kier molecular flexibility index (Phi) is 5.25. The van der Waals surface area contributed by atoms with Gasteiger partial charge in [-0.3, -0.25) is 0 Å². The lowest BCUT2D eigenvalue weighted by molar-refractivity contribution is 0.0549. The number of hydrogen-bond donors (Lipinski definition) is 1. The Balaban J connectivity index is 1.96. The SMILES string of the molecule is Cc1cc(Br)cc(CN(C)CC2CCOCC2)c1O. The summed E-state index contributed by atoms with van der Waals surface area (Å²) in [7, 11) is 2.12. The first kappa shape index (κ1) is 14.8. The van der Waals surface area contributed by atoms with Gasteiger partial charge in [0.2, 0.25) is 0 Å². The number of hydrogen-bond acceptors (Lipinski definition) is 3. The van der Waals surface area contributed by atoms with Crippen LogP contribution in [0, 0.1) is 12.8 Å². The highest BCUT2D eigenvalue weighted by atomic mass is 79.9. The monoisotopic (exact) mass is 327 g/mol. The summed E-state index contributed by atoms with van der Waals surface area (Å²) in [6.07, 6.45) is 2.29. The fourth-order valence-electron chi connectivity index (χ4n) is 2.65. The first-order chi connectivity index (χ1) is 9.06. The van der Waals surface area contributed by atoms with Crippen LogP contribution >= 0.6 is 15.9 Å². The summed E-state index contributed by atoms with van der Waals surface area (Å²) in [5.74, 6) is 1.14.